The van der Waals surface area contributed by atoms with Gasteiger partial charge in [-0.05, 0) is 0 Å². The van der Waals surface area contributed by atoms with E-state index in [0.29, 0.717) is 13.1 Å². The maximum Gasteiger partial charge on any atom is 0.279 e. The molecule has 1 rings (SSSR count). The van der Waals surface area contributed by atoms with Gasteiger partial charge in [-0.1, -0.05) is 6.08 Å². The van der Waals surface area contributed by atoms with Gasteiger partial charge in [0.25, 0.3) is 10.2 Å². The standard InChI is InChI=1S/C7H15N3O2S/c1-2-3-9-13(11,12)10-6-4-8-5-7-10/h2,8-9H,1,3-7H2. The molecule has 6 heteroatoms. The minimum Gasteiger partial charge on any atom is -0.314 e. The van der Waals surface area contributed by atoms with Crippen molar-refractivity contribution in [3.63, 3.8) is 0 Å². The van der Waals surface area contributed by atoms with Crippen LogP contribution in [-0.2, 0) is 10.2 Å². The number of piperazine rings is 1. The van der Waals surface area contributed by atoms with Gasteiger partial charge in [-0.3, -0.25) is 0 Å². The topological polar surface area (TPSA) is 61.4 Å². The lowest BCUT2D eigenvalue weighted by Gasteiger charge is -2.26. The Kier molecular flexibility index (Phi) is 3.86. The summed E-state index contributed by atoms with van der Waals surface area (Å²) in [5, 5.41) is 3.09. The second-order valence-electron chi connectivity index (χ2n) is 2.79. The summed E-state index contributed by atoms with van der Waals surface area (Å²) in [5.41, 5.74) is 0. The summed E-state index contributed by atoms with van der Waals surface area (Å²) in [6.45, 7) is 6.24. The van der Waals surface area contributed by atoms with Gasteiger partial charge in [-0.25, -0.2) is 0 Å². The van der Waals surface area contributed by atoms with E-state index in [1.165, 1.54) is 10.4 Å². The zero-order chi connectivity index (χ0) is 9.73. The Morgan fingerprint density at radius 2 is 2.08 bits per heavy atom. The third-order valence-electron chi connectivity index (χ3n) is 1.83. The van der Waals surface area contributed by atoms with E-state index in [1.807, 2.05) is 0 Å². The van der Waals surface area contributed by atoms with E-state index in [2.05, 4.69) is 16.6 Å². The second-order valence-corrected chi connectivity index (χ2v) is 4.55. The van der Waals surface area contributed by atoms with Gasteiger partial charge < -0.3 is 5.32 Å². The monoisotopic (exact) mass is 205 g/mol. The molecule has 0 aliphatic carbocycles. The van der Waals surface area contributed by atoms with Gasteiger partial charge >= 0.3 is 0 Å². The second kappa shape index (κ2) is 4.71. The lowest BCUT2D eigenvalue weighted by molar-refractivity contribution is 0.356. The van der Waals surface area contributed by atoms with Crippen LogP contribution in [0.3, 0.4) is 0 Å². The van der Waals surface area contributed by atoms with Crippen LogP contribution in [0.15, 0.2) is 12.7 Å². The molecule has 0 atom stereocenters. The number of nitrogens with zero attached hydrogens (tertiary/aromatic N) is 1. The molecule has 1 aliphatic rings. The molecule has 1 aliphatic heterocycles. The van der Waals surface area contributed by atoms with E-state index in [0.717, 1.165) is 13.1 Å². The summed E-state index contributed by atoms with van der Waals surface area (Å²) in [5.74, 6) is 0. The highest BCUT2D eigenvalue weighted by atomic mass is 32.2. The van der Waals surface area contributed by atoms with Crippen molar-refractivity contribution in [2.24, 2.45) is 0 Å². The van der Waals surface area contributed by atoms with E-state index >= 15 is 0 Å². The van der Waals surface area contributed by atoms with Crippen LogP contribution in [0.2, 0.25) is 0 Å². The highest BCUT2D eigenvalue weighted by Gasteiger charge is 2.22. The van der Waals surface area contributed by atoms with Crippen LogP contribution in [0.5, 0.6) is 0 Å². The lowest BCUT2D eigenvalue weighted by atomic mass is 10.4. The van der Waals surface area contributed by atoms with Crippen LogP contribution in [-0.4, -0.2) is 45.4 Å². The van der Waals surface area contributed by atoms with Crippen molar-refractivity contribution in [3.8, 4) is 0 Å². The van der Waals surface area contributed by atoms with Crippen molar-refractivity contribution in [1.29, 1.82) is 0 Å². The molecule has 0 aromatic rings. The first-order valence-corrected chi connectivity index (χ1v) is 5.67. The Morgan fingerprint density at radius 1 is 1.46 bits per heavy atom. The van der Waals surface area contributed by atoms with Gasteiger partial charge in [0.15, 0.2) is 0 Å². The fraction of sp³-hybridized carbons (Fsp3) is 0.714. The summed E-state index contributed by atoms with van der Waals surface area (Å²) in [7, 11) is -3.27. The zero-order valence-electron chi connectivity index (χ0n) is 7.49. The van der Waals surface area contributed by atoms with Gasteiger partial charge in [-0.15, -0.1) is 6.58 Å². The molecular weight excluding hydrogens is 190 g/mol. The SMILES string of the molecule is C=CCNS(=O)(=O)N1CCNCC1. The van der Waals surface area contributed by atoms with Crippen molar-refractivity contribution in [2.75, 3.05) is 32.7 Å². The van der Waals surface area contributed by atoms with E-state index in [1.54, 1.807) is 0 Å². The van der Waals surface area contributed by atoms with Crippen LogP contribution >= 0.6 is 0 Å². The summed E-state index contributed by atoms with van der Waals surface area (Å²) < 4.78 is 26.8. The van der Waals surface area contributed by atoms with E-state index < -0.39 is 10.2 Å². The quantitative estimate of drug-likeness (QED) is 0.573. The minimum absolute atomic E-state index is 0.284. The first kappa shape index (κ1) is 10.6. The Bertz CT molecular complexity index is 257. The Morgan fingerprint density at radius 3 is 2.62 bits per heavy atom. The molecular formula is C7H15N3O2S. The molecule has 5 nitrogen and oxygen atoms in total. The van der Waals surface area contributed by atoms with Crippen molar-refractivity contribution >= 4 is 10.2 Å². The third-order valence-corrected chi connectivity index (χ3v) is 3.40. The number of nitrogens with one attached hydrogen (secondary N) is 2. The molecule has 1 saturated heterocycles. The van der Waals surface area contributed by atoms with Gasteiger partial charge in [0.1, 0.15) is 0 Å². The molecule has 0 amide bonds. The molecule has 1 fully saturated rings. The van der Waals surface area contributed by atoms with E-state index in [9.17, 15) is 8.42 Å². The summed E-state index contributed by atoms with van der Waals surface area (Å²) in [6.07, 6.45) is 1.53. The van der Waals surface area contributed by atoms with Crippen LogP contribution in [0.1, 0.15) is 0 Å². The molecule has 0 saturated carbocycles. The average Bonchev–Trinajstić information content (AvgIpc) is 2.16. The van der Waals surface area contributed by atoms with Crippen LogP contribution in [0.4, 0.5) is 0 Å². The molecule has 1 heterocycles. The maximum atomic E-state index is 11.5. The molecule has 0 unspecified atom stereocenters. The molecule has 76 valence electrons. The summed E-state index contributed by atoms with van der Waals surface area (Å²) in [4.78, 5) is 0. The van der Waals surface area contributed by atoms with E-state index in [-0.39, 0.29) is 6.54 Å². The van der Waals surface area contributed by atoms with E-state index in [4.69, 9.17) is 0 Å². The predicted octanol–water partition coefficient (Wildman–Crippen LogP) is -1.09. The van der Waals surface area contributed by atoms with Gasteiger partial charge in [0.05, 0.1) is 0 Å². The maximum absolute atomic E-state index is 11.5. The Balaban J connectivity index is 2.51. The fourth-order valence-electron chi connectivity index (χ4n) is 1.14. The summed E-state index contributed by atoms with van der Waals surface area (Å²) in [6, 6.07) is 0. The predicted molar refractivity (Wildman–Crippen MR) is 51.6 cm³/mol. The van der Waals surface area contributed by atoms with Crippen molar-refractivity contribution < 1.29 is 8.42 Å². The molecule has 0 aromatic carbocycles. The van der Waals surface area contributed by atoms with Crippen LogP contribution in [0.25, 0.3) is 0 Å². The van der Waals surface area contributed by atoms with Gasteiger partial charge in [-0.2, -0.15) is 17.4 Å². The van der Waals surface area contributed by atoms with Crippen molar-refractivity contribution in [1.82, 2.24) is 14.3 Å². The largest absolute Gasteiger partial charge is 0.314 e. The van der Waals surface area contributed by atoms with Gasteiger partial charge in [0, 0.05) is 32.7 Å². The van der Waals surface area contributed by atoms with Gasteiger partial charge in [0.2, 0.25) is 0 Å². The molecule has 2 N–H and O–H groups in total. The number of rotatable bonds is 4. The minimum atomic E-state index is -3.27. The fourth-order valence-corrected chi connectivity index (χ4v) is 2.31. The smallest absolute Gasteiger partial charge is 0.279 e. The van der Waals surface area contributed by atoms with Crippen LogP contribution < -0.4 is 10.0 Å². The molecule has 0 bridgehead atoms. The lowest BCUT2D eigenvalue weighted by Crippen LogP contribution is -2.50. The van der Waals surface area contributed by atoms with Crippen LogP contribution in [0, 0.1) is 0 Å². The highest BCUT2D eigenvalue weighted by Crippen LogP contribution is 1.98. The number of hydrogen-bond donors (Lipinski definition) is 2. The molecule has 0 radical (unpaired) electrons. The zero-order valence-corrected chi connectivity index (χ0v) is 8.31. The first-order chi connectivity index (χ1) is 6.17. The van der Waals surface area contributed by atoms with Crippen molar-refractivity contribution in [3.05, 3.63) is 12.7 Å². The first-order valence-electron chi connectivity index (χ1n) is 4.23. The molecule has 13 heavy (non-hydrogen) atoms. The number of hydrogen-bond acceptors (Lipinski definition) is 3. The third kappa shape index (κ3) is 3.07. The summed E-state index contributed by atoms with van der Waals surface area (Å²) >= 11 is 0. The molecule has 0 spiro atoms. The average molecular weight is 205 g/mol. The highest BCUT2D eigenvalue weighted by molar-refractivity contribution is 7.87. The Hall–Kier alpha value is -0.430. The normalized spacial score (nSPS) is 20.0. The van der Waals surface area contributed by atoms with Crippen molar-refractivity contribution in [2.45, 2.75) is 0 Å². The Labute approximate surface area is 79.0 Å². The molecule has 0 aromatic heterocycles.